The van der Waals surface area contributed by atoms with E-state index in [1.54, 1.807) is 0 Å². The molecule has 3 aliphatic heterocycles. The summed E-state index contributed by atoms with van der Waals surface area (Å²) in [6, 6.07) is 1.88. The van der Waals surface area contributed by atoms with E-state index in [4.69, 9.17) is 4.74 Å². The Balaban J connectivity index is 1.39. The van der Waals surface area contributed by atoms with Gasteiger partial charge in [-0.15, -0.1) is 0 Å². The fraction of sp³-hybridized carbons (Fsp3) is 0.619. The van der Waals surface area contributed by atoms with Crippen molar-refractivity contribution in [1.82, 2.24) is 15.1 Å². The predicted molar refractivity (Wildman–Crippen MR) is 101 cm³/mol. The normalized spacial score (nSPS) is 23.1. The van der Waals surface area contributed by atoms with Gasteiger partial charge in [-0.3, -0.25) is 0 Å². The van der Waals surface area contributed by atoms with Crippen molar-refractivity contribution in [1.29, 1.82) is 0 Å². The van der Waals surface area contributed by atoms with E-state index in [-0.39, 0.29) is 11.5 Å². The van der Waals surface area contributed by atoms with Crippen molar-refractivity contribution in [2.75, 3.05) is 46.6 Å². The molecule has 2 saturated heterocycles. The van der Waals surface area contributed by atoms with Gasteiger partial charge in [-0.25, -0.2) is 13.2 Å². The summed E-state index contributed by atoms with van der Waals surface area (Å²) in [7, 11) is 2.05. The lowest BCUT2D eigenvalue weighted by atomic mass is 9.95. The lowest BCUT2D eigenvalue weighted by Crippen LogP contribution is -2.29. The largest absolute Gasteiger partial charge is 0.381 e. The minimum Gasteiger partial charge on any atom is -0.381 e. The second-order valence-electron chi connectivity index (χ2n) is 8.12. The minimum absolute atomic E-state index is 0.110. The average molecular weight is 395 g/mol. The Morgan fingerprint density at radius 3 is 2.68 bits per heavy atom. The maximum atomic E-state index is 14.2. The van der Waals surface area contributed by atoms with Crippen LogP contribution in [0.15, 0.2) is 23.5 Å². The van der Waals surface area contributed by atoms with Gasteiger partial charge in [-0.1, -0.05) is 0 Å². The van der Waals surface area contributed by atoms with Gasteiger partial charge >= 0.3 is 0 Å². The first kappa shape index (κ1) is 19.6. The van der Waals surface area contributed by atoms with Crippen molar-refractivity contribution in [2.24, 2.45) is 5.92 Å². The third kappa shape index (κ3) is 3.87. The molecule has 7 heteroatoms. The van der Waals surface area contributed by atoms with E-state index in [0.29, 0.717) is 18.9 Å². The molecule has 3 heterocycles. The number of hydrogen-bond acceptors (Lipinski definition) is 4. The van der Waals surface area contributed by atoms with E-state index >= 15 is 0 Å². The van der Waals surface area contributed by atoms with Crippen LogP contribution < -0.4 is 5.32 Å². The minimum atomic E-state index is -1.04. The van der Waals surface area contributed by atoms with Crippen LogP contribution in [0.5, 0.6) is 0 Å². The van der Waals surface area contributed by atoms with Crippen LogP contribution in [0.1, 0.15) is 37.2 Å². The Hall–Kier alpha value is -1.73. The van der Waals surface area contributed by atoms with Crippen LogP contribution in [-0.4, -0.2) is 56.4 Å². The molecule has 1 aromatic carbocycles. The van der Waals surface area contributed by atoms with Crippen LogP contribution >= 0.6 is 0 Å². The molecule has 1 atom stereocenters. The Bertz CT molecular complexity index is 749. The lowest BCUT2D eigenvalue weighted by Gasteiger charge is -2.23. The first-order valence-corrected chi connectivity index (χ1v) is 10.1. The highest BCUT2D eigenvalue weighted by atomic mass is 19.2. The first-order valence-electron chi connectivity index (χ1n) is 10.1. The Morgan fingerprint density at radius 2 is 1.89 bits per heavy atom. The van der Waals surface area contributed by atoms with Crippen LogP contribution in [0.25, 0.3) is 0 Å². The molecule has 154 valence electrons. The maximum Gasteiger partial charge on any atom is 0.165 e. The molecule has 0 aromatic heterocycles. The van der Waals surface area contributed by atoms with Gasteiger partial charge in [-0.05, 0) is 43.9 Å². The Labute approximate surface area is 164 Å². The van der Waals surface area contributed by atoms with Crippen molar-refractivity contribution in [3.05, 3.63) is 46.5 Å². The number of allylic oxidation sites excluding steroid dienone is 1. The monoisotopic (exact) mass is 395 g/mol. The molecule has 2 fully saturated rings. The van der Waals surface area contributed by atoms with Gasteiger partial charge in [0.25, 0.3) is 0 Å². The number of nitrogens with zero attached hydrogens (tertiary/aromatic N) is 2. The molecular weight excluding hydrogens is 367 g/mol. The molecule has 3 aliphatic rings. The summed E-state index contributed by atoms with van der Waals surface area (Å²) in [6.07, 6.45) is 3.66. The number of ether oxygens (including phenoxy) is 1. The molecule has 0 amide bonds. The zero-order valence-corrected chi connectivity index (χ0v) is 16.3. The third-order valence-corrected chi connectivity index (χ3v) is 6.24. The predicted octanol–water partition coefficient (Wildman–Crippen LogP) is 3.41. The number of fused-ring (bicyclic) bond motifs is 1. The topological polar surface area (TPSA) is 27.7 Å². The van der Waals surface area contributed by atoms with E-state index in [1.165, 1.54) is 5.70 Å². The van der Waals surface area contributed by atoms with E-state index in [9.17, 15) is 13.2 Å². The highest BCUT2D eigenvalue weighted by Crippen LogP contribution is 2.42. The van der Waals surface area contributed by atoms with Crippen molar-refractivity contribution in [3.63, 3.8) is 0 Å². The van der Waals surface area contributed by atoms with Crippen molar-refractivity contribution < 1.29 is 17.9 Å². The summed E-state index contributed by atoms with van der Waals surface area (Å²) in [5.41, 5.74) is 2.25. The number of rotatable bonds is 6. The van der Waals surface area contributed by atoms with Crippen LogP contribution in [0.3, 0.4) is 0 Å². The van der Waals surface area contributed by atoms with Crippen molar-refractivity contribution in [2.45, 2.75) is 31.6 Å². The summed E-state index contributed by atoms with van der Waals surface area (Å²) in [6.45, 7) is 4.83. The molecular formula is C21H28F3N3O. The lowest BCUT2D eigenvalue weighted by molar-refractivity contribution is 0.0664. The third-order valence-electron chi connectivity index (χ3n) is 6.24. The van der Waals surface area contributed by atoms with Gasteiger partial charge < -0.3 is 19.9 Å². The summed E-state index contributed by atoms with van der Waals surface area (Å²) in [5.74, 6) is -2.34. The highest BCUT2D eigenvalue weighted by Gasteiger charge is 2.38. The molecule has 0 unspecified atom stereocenters. The van der Waals surface area contributed by atoms with Gasteiger partial charge in [0, 0.05) is 62.6 Å². The second-order valence-corrected chi connectivity index (χ2v) is 8.12. The Morgan fingerprint density at radius 1 is 1.14 bits per heavy atom. The molecule has 1 N–H and O–H groups in total. The van der Waals surface area contributed by atoms with Crippen LogP contribution in [0, 0.1) is 23.4 Å². The molecule has 0 bridgehead atoms. The SMILES string of the molecule is CN1CN2C[C@@H](c3c(F)ccc(F)c3F)CC2=C1CCNCC1CCOCC1. The van der Waals surface area contributed by atoms with E-state index in [1.807, 2.05) is 0 Å². The molecule has 0 radical (unpaired) electrons. The summed E-state index contributed by atoms with van der Waals surface area (Å²) in [5, 5.41) is 3.55. The second kappa shape index (κ2) is 8.33. The quantitative estimate of drug-likeness (QED) is 0.590. The van der Waals surface area contributed by atoms with E-state index in [0.717, 1.165) is 70.1 Å². The fourth-order valence-corrected chi connectivity index (χ4v) is 4.72. The van der Waals surface area contributed by atoms with Gasteiger partial charge in [-0.2, -0.15) is 0 Å². The Kier molecular flexibility index (Phi) is 5.83. The fourth-order valence-electron chi connectivity index (χ4n) is 4.72. The number of nitrogens with one attached hydrogen (secondary N) is 1. The van der Waals surface area contributed by atoms with E-state index in [2.05, 4.69) is 22.2 Å². The zero-order chi connectivity index (χ0) is 19.7. The smallest absolute Gasteiger partial charge is 0.165 e. The number of benzene rings is 1. The average Bonchev–Trinajstić information content (AvgIpc) is 3.20. The summed E-state index contributed by atoms with van der Waals surface area (Å²) in [4.78, 5) is 4.38. The van der Waals surface area contributed by atoms with E-state index < -0.39 is 17.5 Å². The maximum absolute atomic E-state index is 14.2. The van der Waals surface area contributed by atoms with Crippen molar-refractivity contribution in [3.8, 4) is 0 Å². The van der Waals surface area contributed by atoms with Gasteiger partial charge in [0.15, 0.2) is 11.6 Å². The van der Waals surface area contributed by atoms with Crippen LogP contribution in [0.4, 0.5) is 13.2 Å². The number of halogens is 3. The van der Waals surface area contributed by atoms with Crippen LogP contribution in [-0.2, 0) is 4.74 Å². The summed E-state index contributed by atoms with van der Waals surface area (Å²) >= 11 is 0. The van der Waals surface area contributed by atoms with Gasteiger partial charge in [0.2, 0.25) is 0 Å². The molecule has 28 heavy (non-hydrogen) atoms. The summed E-state index contributed by atoms with van der Waals surface area (Å²) < 4.78 is 47.4. The first-order chi connectivity index (χ1) is 13.5. The van der Waals surface area contributed by atoms with Gasteiger partial charge in [0.1, 0.15) is 5.82 Å². The molecule has 1 aromatic rings. The molecule has 4 nitrogen and oxygen atoms in total. The van der Waals surface area contributed by atoms with Crippen LogP contribution in [0.2, 0.25) is 0 Å². The van der Waals surface area contributed by atoms with Crippen molar-refractivity contribution >= 4 is 0 Å². The van der Waals surface area contributed by atoms with Gasteiger partial charge in [0.05, 0.1) is 6.67 Å². The number of hydrogen-bond donors (Lipinski definition) is 1. The highest BCUT2D eigenvalue weighted by molar-refractivity contribution is 5.32. The molecule has 0 saturated carbocycles. The molecule has 0 aliphatic carbocycles. The zero-order valence-electron chi connectivity index (χ0n) is 16.3. The standard InChI is InChI=1S/C21H28F3N3O/c1-26-13-27-12-15(20-16(22)2-3-17(23)21(20)24)10-19(27)18(26)4-7-25-11-14-5-8-28-9-6-14/h2-3,14-15,25H,4-13H2,1H3/t15-/m0/s1. The molecule has 4 rings (SSSR count). The molecule has 0 spiro atoms.